The third-order valence-electron chi connectivity index (χ3n) is 2.59. The lowest BCUT2D eigenvalue weighted by Crippen LogP contribution is -2.10. The number of hydrogen-bond donors (Lipinski definition) is 0. The molecule has 3 nitrogen and oxygen atoms in total. The second-order valence-corrected chi connectivity index (χ2v) is 4.35. The molecule has 0 saturated carbocycles. The van der Waals surface area contributed by atoms with Crippen molar-refractivity contribution < 1.29 is 14.3 Å². The van der Waals surface area contributed by atoms with Gasteiger partial charge in [-0.3, -0.25) is 4.79 Å². The van der Waals surface area contributed by atoms with Gasteiger partial charge in [-0.2, -0.15) is 0 Å². The fraction of sp³-hybridized carbons (Fsp3) is 0.929. The van der Waals surface area contributed by atoms with Gasteiger partial charge in [-0.15, -0.1) is 0 Å². The number of hydrogen-bond acceptors (Lipinski definition) is 3. The third kappa shape index (κ3) is 13.4. The van der Waals surface area contributed by atoms with Gasteiger partial charge in [0.1, 0.15) is 6.61 Å². The van der Waals surface area contributed by atoms with Crippen molar-refractivity contribution in [3.63, 3.8) is 0 Å². The molecule has 0 heterocycles. The van der Waals surface area contributed by atoms with Crippen LogP contribution in [0, 0.1) is 0 Å². The van der Waals surface area contributed by atoms with Crippen LogP contribution in [0.25, 0.3) is 0 Å². The van der Waals surface area contributed by atoms with Gasteiger partial charge in [0.15, 0.2) is 0 Å². The standard InChI is InChI=1S/C14H28O3/c1-3-5-6-7-8-9-11-16-12-13-17-14(15)10-4-2/h3-13H2,1-2H3. The highest BCUT2D eigenvalue weighted by atomic mass is 16.6. The average Bonchev–Trinajstić information content (AvgIpc) is 2.32. The van der Waals surface area contributed by atoms with Crippen LogP contribution in [0.15, 0.2) is 0 Å². The maximum absolute atomic E-state index is 11.0. The average molecular weight is 244 g/mol. The Balaban J connectivity index is 3.01. The van der Waals surface area contributed by atoms with E-state index in [4.69, 9.17) is 9.47 Å². The lowest BCUT2D eigenvalue weighted by Gasteiger charge is -2.05. The number of carbonyl (C=O) groups excluding carboxylic acids is 1. The van der Waals surface area contributed by atoms with E-state index in [2.05, 4.69) is 6.92 Å². The zero-order valence-corrected chi connectivity index (χ0v) is 11.5. The van der Waals surface area contributed by atoms with E-state index in [9.17, 15) is 4.79 Å². The zero-order valence-electron chi connectivity index (χ0n) is 11.5. The summed E-state index contributed by atoms with van der Waals surface area (Å²) in [6.07, 6.45) is 9.00. The number of rotatable bonds is 12. The molecule has 0 N–H and O–H groups in total. The monoisotopic (exact) mass is 244 g/mol. The van der Waals surface area contributed by atoms with Crippen LogP contribution in [-0.4, -0.2) is 25.8 Å². The van der Waals surface area contributed by atoms with E-state index in [0.29, 0.717) is 19.6 Å². The fourth-order valence-electron chi connectivity index (χ4n) is 1.58. The molecular formula is C14H28O3. The summed E-state index contributed by atoms with van der Waals surface area (Å²) < 4.78 is 10.4. The maximum Gasteiger partial charge on any atom is 0.305 e. The lowest BCUT2D eigenvalue weighted by atomic mass is 10.1. The van der Waals surface area contributed by atoms with Gasteiger partial charge < -0.3 is 9.47 Å². The topological polar surface area (TPSA) is 35.5 Å². The van der Waals surface area contributed by atoms with Crippen LogP contribution in [0.4, 0.5) is 0 Å². The molecule has 3 heteroatoms. The molecule has 0 aromatic heterocycles. The third-order valence-corrected chi connectivity index (χ3v) is 2.59. The molecule has 0 radical (unpaired) electrons. The van der Waals surface area contributed by atoms with Gasteiger partial charge in [0.25, 0.3) is 0 Å². The van der Waals surface area contributed by atoms with Gasteiger partial charge in [0.2, 0.25) is 0 Å². The zero-order chi connectivity index (χ0) is 12.8. The summed E-state index contributed by atoms with van der Waals surface area (Å²) in [5.41, 5.74) is 0. The molecule has 0 unspecified atom stereocenters. The first-order valence-corrected chi connectivity index (χ1v) is 7.04. The molecule has 17 heavy (non-hydrogen) atoms. The molecule has 0 aliphatic carbocycles. The van der Waals surface area contributed by atoms with Crippen LogP contribution in [0.1, 0.15) is 65.2 Å². The maximum atomic E-state index is 11.0. The number of esters is 1. The van der Waals surface area contributed by atoms with E-state index >= 15 is 0 Å². The van der Waals surface area contributed by atoms with Gasteiger partial charge in [0, 0.05) is 13.0 Å². The highest BCUT2D eigenvalue weighted by Gasteiger charge is 1.99. The molecule has 102 valence electrons. The minimum Gasteiger partial charge on any atom is -0.463 e. The van der Waals surface area contributed by atoms with Gasteiger partial charge in [-0.05, 0) is 12.8 Å². The highest BCUT2D eigenvalue weighted by molar-refractivity contribution is 5.69. The van der Waals surface area contributed by atoms with Crippen molar-refractivity contribution in [3.05, 3.63) is 0 Å². The molecule has 0 bridgehead atoms. The van der Waals surface area contributed by atoms with E-state index in [1.807, 2.05) is 6.92 Å². The van der Waals surface area contributed by atoms with Crippen molar-refractivity contribution in [1.29, 1.82) is 0 Å². The van der Waals surface area contributed by atoms with Crippen LogP contribution < -0.4 is 0 Å². The Labute approximate surface area is 106 Å². The second-order valence-electron chi connectivity index (χ2n) is 4.35. The van der Waals surface area contributed by atoms with Crippen molar-refractivity contribution in [2.75, 3.05) is 19.8 Å². The molecule has 0 rings (SSSR count). The van der Waals surface area contributed by atoms with E-state index < -0.39 is 0 Å². The van der Waals surface area contributed by atoms with Crippen LogP contribution >= 0.6 is 0 Å². The van der Waals surface area contributed by atoms with Crippen LogP contribution in [0.2, 0.25) is 0 Å². The predicted molar refractivity (Wildman–Crippen MR) is 70.1 cm³/mol. The van der Waals surface area contributed by atoms with Gasteiger partial charge in [0.05, 0.1) is 6.61 Å². The Hall–Kier alpha value is -0.570. The van der Waals surface area contributed by atoms with Gasteiger partial charge in [-0.1, -0.05) is 46.0 Å². The summed E-state index contributed by atoms with van der Waals surface area (Å²) in [4.78, 5) is 11.0. The van der Waals surface area contributed by atoms with E-state index in [-0.39, 0.29) is 5.97 Å². The molecule has 0 aliphatic heterocycles. The SMILES string of the molecule is CCCCCCCCOCCOC(=O)CCC. The van der Waals surface area contributed by atoms with Crippen molar-refractivity contribution in [2.45, 2.75) is 65.2 Å². The van der Waals surface area contributed by atoms with E-state index in [1.54, 1.807) is 0 Å². The molecule has 0 fully saturated rings. The number of ether oxygens (including phenoxy) is 2. The number of carbonyl (C=O) groups is 1. The van der Waals surface area contributed by atoms with E-state index in [0.717, 1.165) is 19.4 Å². The van der Waals surface area contributed by atoms with Crippen molar-refractivity contribution in [3.8, 4) is 0 Å². The van der Waals surface area contributed by atoms with Gasteiger partial charge in [-0.25, -0.2) is 0 Å². The molecule has 0 amide bonds. The second kappa shape index (κ2) is 13.5. The van der Waals surface area contributed by atoms with Crippen molar-refractivity contribution in [1.82, 2.24) is 0 Å². The first kappa shape index (κ1) is 16.4. The summed E-state index contributed by atoms with van der Waals surface area (Å²) in [5, 5.41) is 0. The fourth-order valence-corrected chi connectivity index (χ4v) is 1.58. The summed E-state index contributed by atoms with van der Waals surface area (Å²) in [7, 11) is 0. The number of unbranched alkanes of at least 4 members (excludes halogenated alkanes) is 5. The molecule has 0 spiro atoms. The normalized spacial score (nSPS) is 10.5. The first-order chi connectivity index (χ1) is 8.31. The van der Waals surface area contributed by atoms with Gasteiger partial charge >= 0.3 is 5.97 Å². The summed E-state index contributed by atoms with van der Waals surface area (Å²) in [5.74, 6) is -0.115. The lowest BCUT2D eigenvalue weighted by molar-refractivity contribution is -0.145. The smallest absolute Gasteiger partial charge is 0.305 e. The Morgan fingerprint density at radius 2 is 1.53 bits per heavy atom. The Morgan fingerprint density at radius 1 is 0.824 bits per heavy atom. The minimum atomic E-state index is -0.115. The summed E-state index contributed by atoms with van der Waals surface area (Å²) in [6, 6.07) is 0. The highest BCUT2D eigenvalue weighted by Crippen LogP contribution is 2.04. The minimum absolute atomic E-state index is 0.115. The van der Waals surface area contributed by atoms with E-state index in [1.165, 1.54) is 32.1 Å². The van der Waals surface area contributed by atoms with Crippen LogP contribution in [0.5, 0.6) is 0 Å². The Kier molecular flexibility index (Phi) is 13.0. The molecule has 0 saturated heterocycles. The Bertz CT molecular complexity index is 169. The Morgan fingerprint density at radius 3 is 2.24 bits per heavy atom. The van der Waals surface area contributed by atoms with Crippen LogP contribution in [0.3, 0.4) is 0 Å². The molecule has 0 aliphatic rings. The molecule has 0 atom stereocenters. The largest absolute Gasteiger partial charge is 0.463 e. The summed E-state index contributed by atoms with van der Waals surface area (Å²) in [6.45, 7) is 5.91. The summed E-state index contributed by atoms with van der Waals surface area (Å²) >= 11 is 0. The molecule has 0 aromatic rings. The van der Waals surface area contributed by atoms with Crippen LogP contribution in [-0.2, 0) is 14.3 Å². The van der Waals surface area contributed by atoms with Crippen molar-refractivity contribution in [2.24, 2.45) is 0 Å². The first-order valence-electron chi connectivity index (χ1n) is 7.04. The van der Waals surface area contributed by atoms with Crippen molar-refractivity contribution >= 4 is 5.97 Å². The quantitative estimate of drug-likeness (QED) is 0.388. The predicted octanol–water partition coefficient (Wildman–Crippen LogP) is 3.71. The molecular weight excluding hydrogens is 216 g/mol. The molecule has 0 aromatic carbocycles.